The van der Waals surface area contributed by atoms with Crippen molar-refractivity contribution in [3.63, 3.8) is 0 Å². The number of rotatable bonds is 3. The van der Waals surface area contributed by atoms with Crippen LogP contribution in [0.5, 0.6) is 5.75 Å². The third-order valence-electron chi connectivity index (χ3n) is 5.32. The molecule has 4 nitrogen and oxygen atoms in total. The van der Waals surface area contributed by atoms with Crippen molar-refractivity contribution in [1.29, 1.82) is 0 Å². The van der Waals surface area contributed by atoms with Crippen LogP contribution in [0.3, 0.4) is 0 Å². The fourth-order valence-electron chi connectivity index (χ4n) is 4.07. The fraction of sp³-hybridized carbons (Fsp3) is 0.650. The molecule has 0 radical (unpaired) electrons. The molecule has 2 aliphatic heterocycles. The van der Waals surface area contributed by atoms with E-state index in [1.165, 1.54) is 30.4 Å². The summed E-state index contributed by atoms with van der Waals surface area (Å²) >= 11 is 0. The molecule has 0 atom stereocenters. The van der Waals surface area contributed by atoms with Crippen LogP contribution in [0.4, 0.5) is 5.69 Å². The lowest BCUT2D eigenvalue weighted by Crippen LogP contribution is -2.30. The van der Waals surface area contributed by atoms with Crippen LogP contribution in [0.25, 0.3) is 0 Å². The van der Waals surface area contributed by atoms with Crippen molar-refractivity contribution in [3.8, 4) is 5.75 Å². The van der Waals surface area contributed by atoms with Gasteiger partial charge in [0, 0.05) is 36.7 Å². The van der Waals surface area contributed by atoms with Gasteiger partial charge in [-0.05, 0) is 64.8 Å². The maximum absolute atomic E-state index is 11.7. The van der Waals surface area contributed by atoms with E-state index in [0.717, 1.165) is 48.6 Å². The fourth-order valence-corrected chi connectivity index (χ4v) is 4.07. The Bertz CT molecular complexity index is 658. The number of hydrogen-bond donors (Lipinski definition) is 1. The summed E-state index contributed by atoms with van der Waals surface area (Å²) in [5.74, 6) is 1.05. The minimum absolute atomic E-state index is 0.0109. The third kappa shape index (κ3) is 3.30. The Morgan fingerprint density at radius 1 is 1.17 bits per heavy atom. The number of ether oxygens (including phenoxy) is 1. The molecule has 0 aliphatic carbocycles. The zero-order chi connectivity index (χ0) is 17.5. The largest absolute Gasteiger partial charge is 0.487 e. The highest BCUT2D eigenvalue weighted by Crippen LogP contribution is 2.45. The molecule has 0 aromatic heterocycles. The van der Waals surface area contributed by atoms with Crippen LogP contribution in [0, 0.1) is 13.8 Å². The number of nitrogens with one attached hydrogen (secondary N) is 1. The first-order valence-corrected chi connectivity index (χ1v) is 9.12. The van der Waals surface area contributed by atoms with Crippen LogP contribution >= 0.6 is 0 Å². The molecular weight excluding hydrogens is 300 g/mol. The van der Waals surface area contributed by atoms with Crippen LogP contribution < -0.4 is 10.1 Å². The number of carbonyl (C=O) groups excluding carboxylic acids is 1. The topological polar surface area (TPSA) is 41.6 Å². The second kappa shape index (κ2) is 6.40. The molecule has 1 amide bonds. The number of likely N-dealkylation sites (tertiary alicyclic amines) is 1. The molecule has 1 saturated heterocycles. The van der Waals surface area contributed by atoms with Crippen LogP contribution in [0.15, 0.2) is 0 Å². The molecule has 4 heteroatoms. The average Bonchev–Trinajstić information content (AvgIpc) is 2.85. The number of amides is 1. The normalized spacial score (nSPS) is 19.7. The monoisotopic (exact) mass is 330 g/mol. The number of nitrogens with zero attached hydrogens (tertiary/aromatic N) is 1. The summed E-state index contributed by atoms with van der Waals surface area (Å²) in [6, 6.07) is 0. The van der Waals surface area contributed by atoms with Crippen molar-refractivity contribution in [2.75, 3.05) is 18.4 Å². The summed E-state index contributed by atoms with van der Waals surface area (Å²) in [5, 5.41) is 3.06. The van der Waals surface area contributed by atoms with Gasteiger partial charge in [0.2, 0.25) is 5.91 Å². The van der Waals surface area contributed by atoms with E-state index in [2.05, 4.69) is 37.9 Å². The van der Waals surface area contributed by atoms with E-state index in [4.69, 9.17) is 4.74 Å². The first-order valence-electron chi connectivity index (χ1n) is 9.12. The van der Waals surface area contributed by atoms with Gasteiger partial charge in [-0.2, -0.15) is 0 Å². The zero-order valence-electron chi connectivity index (χ0n) is 15.7. The van der Waals surface area contributed by atoms with E-state index in [1.807, 2.05) is 0 Å². The quantitative estimate of drug-likeness (QED) is 0.912. The van der Waals surface area contributed by atoms with Crippen molar-refractivity contribution >= 4 is 11.6 Å². The molecule has 2 aliphatic rings. The highest BCUT2D eigenvalue weighted by Gasteiger charge is 2.35. The van der Waals surface area contributed by atoms with E-state index in [9.17, 15) is 4.79 Å². The van der Waals surface area contributed by atoms with Gasteiger partial charge in [0.25, 0.3) is 0 Å². The molecule has 0 spiro atoms. The predicted octanol–water partition coefficient (Wildman–Crippen LogP) is 3.96. The second-order valence-corrected chi connectivity index (χ2v) is 7.97. The van der Waals surface area contributed by atoms with Crippen LogP contribution in [0.1, 0.15) is 62.3 Å². The zero-order valence-corrected chi connectivity index (χ0v) is 15.7. The van der Waals surface area contributed by atoms with Gasteiger partial charge in [0.15, 0.2) is 0 Å². The van der Waals surface area contributed by atoms with E-state index in [1.54, 1.807) is 6.92 Å². The summed E-state index contributed by atoms with van der Waals surface area (Å²) in [6.45, 7) is 13.3. The van der Waals surface area contributed by atoms with Gasteiger partial charge >= 0.3 is 0 Å². The number of benzene rings is 1. The van der Waals surface area contributed by atoms with Gasteiger partial charge in [-0.3, -0.25) is 9.69 Å². The third-order valence-corrected chi connectivity index (χ3v) is 5.32. The Labute approximate surface area is 145 Å². The average molecular weight is 330 g/mol. The summed E-state index contributed by atoms with van der Waals surface area (Å²) in [5.41, 5.74) is 5.64. The summed E-state index contributed by atoms with van der Waals surface area (Å²) in [4.78, 5) is 14.2. The van der Waals surface area contributed by atoms with Crippen molar-refractivity contribution < 1.29 is 9.53 Å². The Morgan fingerprint density at radius 2 is 1.83 bits per heavy atom. The lowest BCUT2D eigenvalue weighted by Gasteiger charge is -2.29. The van der Waals surface area contributed by atoms with Gasteiger partial charge in [0.1, 0.15) is 11.4 Å². The van der Waals surface area contributed by atoms with Crippen molar-refractivity contribution in [2.24, 2.45) is 0 Å². The number of fused-ring (bicyclic) bond motifs is 1. The lowest BCUT2D eigenvalue weighted by molar-refractivity contribution is -0.114. The first-order chi connectivity index (χ1) is 11.3. The minimum atomic E-state index is -0.176. The number of piperidine rings is 1. The summed E-state index contributed by atoms with van der Waals surface area (Å²) in [7, 11) is 0. The molecule has 2 heterocycles. The SMILES string of the molecule is CC(=O)Nc1c(C)c(CN2CCCCC2)c2c(c1C)CC(C)(C)O2. The van der Waals surface area contributed by atoms with E-state index < -0.39 is 0 Å². The Kier molecular flexibility index (Phi) is 4.60. The second-order valence-electron chi connectivity index (χ2n) is 7.97. The molecular formula is C20H30N2O2. The highest BCUT2D eigenvalue weighted by molar-refractivity contribution is 5.91. The number of anilines is 1. The summed E-state index contributed by atoms with van der Waals surface area (Å²) < 4.78 is 6.35. The molecule has 0 bridgehead atoms. The molecule has 1 aromatic rings. The van der Waals surface area contributed by atoms with Gasteiger partial charge in [-0.15, -0.1) is 0 Å². The standard InChI is InChI=1S/C20H30N2O2/c1-13-16-11-20(4,5)24-19(16)17(12-22-9-7-6-8-10-22)14(2)18(13)21-15(3)23/h6-12H2,1-5H3,(H,21,23). The maximum atomic E-state index is 11.7. The molecule has 132 valence electrons. The lowest BCUT2D eigenvalue weighted by atomic mass is 9.91. The Morgan fingerprint density at radius 3 is 2.46 bits per heavy atom. The van der Waals surface area contributed by atoms with Crippen LogP contribution in [0.2, 0.25) is 0 Å². The molecule has 1 N–H and O–H groups in total. The van der Waals surface area contributed by atoms with E-state index >= 15 is 0 Å². The minimum Gasteiger partial charge on any atom is -0.487 e. The van der Waals surface area contributed by atoms with Crippen LogP contribution in [-0.4, -0.2) is 29.5 Å². The predicted molar refractivity (Wildman–Crippen MR) is 97.8 cm³/mol. The van der Waals surface area contributed by atoms with Gasteiger partial charge < -0.3 is 10.1 Å². The Hall–Kier alpha value is -1.55. The maximum Gasteiger partial charge on any atom is 0.221 e. The molecule has 1 aromatic carbocycles. The molecule has 0 saturated carbocycles. The smallest absolute Gasteiger partial charge is 0.221 e. The first kappa shape index (κ1) is 17.3. The van der Waals surface area contributed by atoms with E-state index in [-0.39, 0.29) is 11.5 Å². The van der Waals surface area contributed by atoms with E-state index in [0.29, 0.717) is 0 Å². The highest BCUT2D eigenvalue weighted by atomic mass is 16.5. The van der Waals surface area contributed by atoms with Crippen molar-refractivity contribution in [1.82, 2.24) is 4.90 Å². The van der Waals surface area contributed by atoms with Crippen molar-refractivity contribution in [2.45, 2.75) is 72.4 Å². The van der Waals surface area contributed by atoms with Gasteiger partial charge in [0.05, 0.1) is 0 Å². The molecule has 24 heavy (non-hydrogen) atoms. The molecule has 3 rings (SSSR count). The summed E-state index contributed by atoms with van der Waals surface area (Å²) in [6.07, 6.45) is 4.78. The Balaban J connectivity index is 2.05. The van der Waals surface area contributed by atoms with Gasteiger partial charge in [-0.1, -0.05) is 6.42 Å². The van der Waals surface area contributed by atoms with Gasteiger partial charge in [-0.25, -0.2) is 0 Å². The molecule has 0 unspecified atom stereocenters. The van der Waals surface area contributed by atoms with Crippen LogP contribution in [-0.2, 0) is 17.8 Å². The number of hydrogen-bond acceptors (Lipinski definition) is 3. The van der Waals surface area contributed by atoms with Crippen molar-refractivity contribution in [3.05, 3.63) is 22.3 Å². The molecule has 1 fully saturated rings. The number of carbonyl (C=O) groups is 1.